The molecule has 1 N–H and O–H groups in total. The molecule has 9 heteroatoms. The normalized spacial score (nSPS) is 12.4. The summed E-state index contributed by atoms with van der Waals surface area (Å²) in [5.41, 5.74) is 0.738. The zero-order valence-electron chi connectivity index (χ0n) is 18.6. The Morgan fingerprint density at radius 3 is 2.31 bits per heavy atom. The summed E-state index contributed by atoms with van der Waals surface area (Å²) in [5, 5.41) is 3.26. The van der Waals surface area contributed by atoms with Gasteiger partial charge in [0, 0.05) is 38.1 Å². The van der Waals surface area contributed by atoms with Crippen molar-refractivity contribution in [2.45, 2.75) is 44.2 Å². The van der Waals surface area contributed by atoms with Crippen LogP contribution in [0, 0.1) is 0 Å². The van der Waals surface area contributed by atoms with E-state index in [9.17, 15) is 18.0 Å². The Morgan fingerprint density at radius 2 is 1.69 bits per heavy atom. The van der Waals surface area contributed by atoms with Gasteiger partial charge in [-0.2, -0.15) is 0 Å². The van der Waals surface area contributed by atoms with Gasteiger partial charge in [-0.1, -0.05) is 48.0 Å². The molecule has 2 aromatic rings. The van der Waals surface area contributed by atoms with Gasteiger partial charge in [-0.3, -0.25) is 9.59 Å². The van der Waals surface area contributed by atoms with E-state index in [0.717, 1.165) is 5.56 Å². The summed E-state index contributed by atoms with van der Waals surface area (Å²) < 4.78 is 26.5. The Kier molecular flexibility index (Phi) is 9.68. The largest absolute Gasteiger partial charge is 0.355 e. The maximum absolute atomic E-state index is 13.0. The van der Waals surface area contributed by atoms with Crippen LogP contribution in [-0.4, -0.2) is 55.6 Å². The van der Waals surface area contributed by atoms with E-state index < -0.39 is 16.1 Å². The van der Waals surface area contributed by atoms with E-state index in [1.165, 1.54) is 28.4 Å². The van der Waals surface area contributed by atoms with Crippen molar-refractivity contribution in [2.24, 2.45) is 0 Å². The van der Waals surface area contributed by atoms with Crippen molar-refractivity contribution in [2.75, 3.05) is 20.1 Å². The summed E-state index contributed by atoms with van der Waals surface area (Å²) in [5.74, 6) is -0.495. The highest BCUT2D eigenvalue weighted by atomic mass is 35.5. The Bertz CT molecular complexity index is 1010. The number of likely N-dealkylation sites (N-methyl/N-ethyl adjacent to an activating group) is 1. The third-order valence-electron chi connectivity index (χ3n) is 5.13. The van der Waals surface area contributed by atoms with Gasteiger partial charge in [0.1, 0.15) is 6.04 Å². The number of nitrogens with one attached hydrogen (secondary N) is 1. The monoisotopic (exact) mass is 479 g/mol. The summed E-state index contributed by atoms with van der Waals surface area (Å²) in [6, 6.07) is 14.6. The molecule has 174 valence electrons. The highest BCUT2D eigenvalue weighted by molar-refractivity contribution is 7.89. The highest BCUT2D eigenvalue weighted by Crippen LogP contribution is 2.20. The second-order valence-corrected chi connectivity index (χ2v) is 9.88. The van der Waals surface area contributed by atoms with Crippen molar-refractivity contribution in [1.82, 2.24) is 14.5 Å². The molecule has 0 aromatic heterocycles. The molecule has 0 aliphatic carbocycles. The van der Waals surface area contributed by atoms with Crippen LogP contribution in [0.5, 0.6) is 0 Å². The summed E-state index contributed by atoms with van der Waals surface area (Å²) >= 11 is 6.26. The summed E-state index contributed by atoms with van der Waals surface area (Å²) in [6.45, 7) is 4.31. The van der Waals surface area contributed by atoms with Crippen LogP contribution in [0.2, 0.25) is 5.02 Å². The average Bonchev–Trinajstić information content (AvgIpc) is 2.78. The molecule has 0 aliphatic heterocycles. The van der Waals surface area contributed by atoms with Crippen LogP contribution in [-0.2, 0) is 26.2 Å². The SMILES string of the molecule is CCNC(=O)C(C)N(Cc1ccccc1Cl)C(=O)CCCN(C)S(=O)(=O)c1ccccc1. The first kappa shape index (κ1) is 25.8. The van der Waals surface area contributed by atoms with Crippen molar-refractivity contribution in [3.05, 3.63) is 65.2 Å². The van der Waals surface area contributed by atoms with E-state index in [2.05, 4.69) is 5.32 Å². The molecular weight excluding hydrogens is 450 g/mol. The predicted molar refractivity (Wildman–Crippen MR) is 126 cm³/mol. The lowest BCUT2D eigenvalue weighted by molar-refractivity contribution is -0.140. The number of hydrogen-bond donors (Lipinski definition) is 1. The molecule has 0 spiro atoms. The topological polar surface area (TPSA) is 86.8 Å². The Balaban J connectivity index is 2.07. The fraction of sp³-hybridized carbons (Fsp3) is 0.391. The molecular formula is C23H30ClN3O4S. The average molecular weight is 480 g/mol. The molecule has 0 heterocycles. The molecule has 0 fully saturated rings. The first-order valence-corrected chi connectivity index (χ1v) is 12.3. The van der Waals surface area contributed by atoms with E-state index in [4.69, 9.17) is 11.6 Å². The molecule has 2 rings (SSSR count). The zero-order chi connectivity index (χ0) is 23.7. The first-order valence-electron chi connectivity index (χ1n) is 10.5. The van der Waals surface area contributed by atoms with Gasteiger partial charge >= 0.3 is 0 Å². The second-order valence-electron chi connectivity index (χ2n) is 7.43. The van der Waals surface area contributed by atoms with Crippen molar-refractivity contribution < 1.29 is 18.0 Å². The third-order valence-corrected chi connectivity index (χ3v) is 7.37. The number of nitrogens with zero attached hydrogens (tertiary/aromatic N) is 2. The molecule has 2 aromatic carbocycles. The van der Waals surface area contributed by atoms with Gasteiger partial charge in [0.05, 0.1) is 4.90 Å². The number of sulfonamides is 1. The molecule has 0 saturated heterocycles. The Labute approximate surface area is 195 Å². The predicted octanol–water partition coefficient (Wildman–Crippen LogP) is 3.29. The van der Waals surface area contributed by atoms with Crippen molar-refractivity contribution in [3.8, 4) is 0 Å². The van der Waals surface area contributed by atoms with Gasteiger partial charge in [-0.15, -0.1) is 0 Å². The molecule has 0 radical (unpaired) electrons. The quantitative estimate of drug-likeness (QED) is 0.535. The van der Waals surface area contributed by atoms with Gasteiger partial charge < -0.3 is 10.2 Å². The number of carbonyl (C=O) groups is 2. The van der Waals surface area contributed by atoms with Gasteiger partial charge in [0.2, 0.25) is 21.8 Å². The van der Waals surface area contributed by atoms with Crippen LogP contribution < -0.4 is 5.32 Å². The van der Waals surface area contributed by atoms with E-state index in [1.54, 1.807) is 37.3 Å². The summed E-state index contributed by atoms with van der Waals surface area (Å²) in [4.78, 5) is 27.1. The second kappa shape index (κ2) is 12.0. The van der Waals surface area contributed by atoms with Crippen LogP contribution in [0.25, 0.3) is 0 Å². The number of rotatable bonds is 11. The standard InChI is InChI=1S/C23H30ClN3O4S/c1-4-25-23(29)18(2)27(17-19-11-8-9-14-21(19)24)22(28)15-10-16-26(3)32(30,31)20-12-6-5-7-13-20/h5-9,11-14,18H,4,10,15-17H2,1-3H3,(H,25,29). The number of benzene rings is 2. The zero-order valence-corrected chi connectivity index (χ0v) is 20.2. The van der Waals surface area contributed by atoms with Crippen LogP contribution in [0.15, 0.2) is 59.5 Å². The smallest absolute Gasteiger partial charge is 0.242 e. The first-order chi connectivity index (χ1) is 15.2. The molecule has 32 heavy (non-hydrogen) atoms. The van der Waals surface area contributed by atoms with E-state index in [1.807, 2.05) is 19.1 Å². The van der Waals surface area contributed by atoms with E-state index in [0.29, 0.717) is 18.0 Å². The molecule has 1 unspecified atom stereocenters. The van der Waals surface area contributed by atoms with Crippen molar-refractivity contribution in [1.29, 1.82) is 0 Å². The highest BCUT2D eigenvalue weighted by Gasteiger charge is 2.27. The number of amides is 2. The van der Waals surface area contributed by atoms with Gasteiger partial charge in [-0.05, 0) is 44.0 Å². The lowest BCUT2D eigenvalue weighted by Gasteiger charge is -2.29. The van der Waals surface area contributed by atoms with Gasteiger partial charge in [0.25, 0.3) is 0 Å². The van der Waals surface area contributed by atoms with Crippen molar-refractivity contribution in [3.63, 3.8) is 0 Å². The fourth-order valence-corrected chi connectivity index (χ4v) is 4.63. The minimum Gasteiger partial charge on any atom is -0.355 e. The van der Waals surface area contributed by atoms with Crippen LogP contribution in [0.4, 0.5) is 0 Å². The van der Waals surface area contributed by atoms with Crippen LogP contribution in [0.3, 0.4) is 0 Å². The maximum Gasteiger partial charge on any atom is 0.242 e. The van der Waals surface area contributed by atoms with Gasteiger partial charge in [0.15, 0.2) is 0 Å². The van der Waals surface area contributed by atoms with E-state index >= 15 is 0 Å². The van der Waals surface area contributed by atoms with Crippen LogP contribution in [0.1, 0.15) is 32.3 Å². The van der Waals surface area contributed by atoms with Gasteiger partial charge in [-0.25, -0.2) is 12.7 Å². The Morgan fingerprint density at radius 1 is 1.06 bits per heavy atom. The lowest BCUT2D eigenvalue weighted by Crippen LogP contribution is -2.47. The molecule has 2 amide bonds. The maximum atomic E-state index is 13.0. The molecule has 0 bridgehead atoms. The number of hydrogen-bond acceptors (Lipinski definition) is 4. The summed E-state index contributed by atoms with van der Waals surface area (Å²) in [6.07, 6.45) is 0.422. The molecule has 1 atom stereocenters. The van der Waals surface area contributed by atoms with Crippen LogP contribution >= 0.6 is 11.6 Å². The molecule has 0 aliphatic rings. The number of carbonyl (C=O) groups excluding carboxylic acids is 2. The minimum absolute atomic E-state index is 0.100. The third kappa shape index (κ3) is 6.79. The number of halogens is 1. The minimum atomic E-state index is -3.62. The Hall–Kier alpha value is -2.42. The van der Waals surface area contributed by atoms with E-state index in [-0.39, 0.29) is 36.2 Å². The lowest BCUT2D eigenvalue weighted by atomic mass is 10.1. The summed E-state index contributed by atoms with van der Waals surface area (Å²) in [7, 11) is -2.13. The molecule has 7 nitrogen and oxygen atoms in total. The molecule has 0 saturated carbocycles. The van der Waals surface area contributed by atoms with Crippen molar-refractivity contribution >= 4 is 33.4 Å². The fourth-order valence-electron chi connectivity index (χ4n) is 3.20.